The summed E-state index contributed by atoms with van der Waals surface area (Å²) >= 11 is 8.41. The van der Waals surface area contributed by atoms with Crippen LogP contribution in [0.4, 0.5) is 0 Å². The van der Waals surface area contributed by atoms with E-state index in [1.807, 2.05) is 56.3 Å². The van der Waals surface area contributed by atoms with Gasteiger partial charge in [-0.3, -0.25) is 0 Å². The molecule has 0 atom stereocenters. The van der Waals surface area contributed by atoms with Gasteiger partial charge in [0.15, 0.2) is 0 Å². The second-order valence-corrected chi connectivity index (χ2v) is 6.25. The van der Waals surface area contributed by atoms with Crippen molar-refractivity contribution in [2.75, 3.05) is 0 Å². The van der Waals surface area contributed by atoms with Crippen LogP contribution in [0.2, 0.25) is 0 Å². The topological polar surface area (TPSA) is 23.8 Å². The molecule has 2 aromatic rings. The molecule has 2 aromatic carbocycles. The summed E-state index contributed by atoms with van der Waals surface area (Å²) in [4.78, 5) is 2.08. The van der Waals surface area contributed by atoms with Gasteiger partial charge in [0.1, 0.15) is 6.07 Å². The van der Waals surface area contributed by atoms with Crippen LogP contribution in [0.25, 0.3) is 0 Å². The summed E-state index contributed by atoms with van der Waals surface area (Å²) in [7, 11) is 0. The predicted molar refractivity (Wildman–Crippen MR) is 88.5 cm³/mol. The van der Waals surface area contributed by atoms with Crippen molar-refractivity contribution in [3.63, 3.8) is 0 Å². The third-order valence-corrected chi connectivity index (χ3v) is 4.19. The molecule has 0 saturated carbocycles. The Bertz CT molecular complexity index is 574. The molecule has 0 radical (unpaired) electrons. The normalized spacial score (nSPS) is 9.21. The van der Waals surface area contributed by atoms with Crippen LogP contribution in [0.5, 0.6) is 0 Å². The second-order valence-electron chi connectivity index (χ2n) is 3.31. The maximum Gasteiger partial charge on any atom is 0.100 e. The van der Waals surface area contributed by atoms with E-state index in [-0.39, 0.29) is 0 Å². The van der Waals surface area contributed by atoms with Gasteiger partial charge in [0.2, 0.25) is 0 Å². The Labute approximate surface area is 135 Å². The fraction of sp³-hybridized carbons (Fsp3) is 0.133. The number of halogens is 2. The zero-order valence-corrected chi connectivity index (χ0v) is 14.6. The lowest BCUT2D eigenvalue weighted by atomic mass is 10.2. The molecular weight excluding hydrogens is 386 g/mol. The van der Waals surface area contributed by atoms with E-state index in [1.165, 1.54) is 0 Å². The van der Waals surface area contributed by atoms with Crippen molar-refractivity contribution >= 4 is 43.6 Å². The lowest BCUT2D eigenvalue weighted by molar-refractivity contribution is 1.33. The Morgan fingerprint density at radius 1 is 0.947 bits per heavy atom. The Balaban J connectivity index is 0.000000861. The van der Waals surface area contributed by atoms with E-state index in [2.05, 4.69) is 37.9 Å². The lowest BCUT2D eigenvalue weighted by Crippen LogP contribution is -1.81. The van der Waals surface area contributed by atoms with Gasteiger partial charge in [0, 0.05) is 18.7 Å². The Morgan fingerprint density at radius 2 is 1.53 bits per heavy atom. The van der Waals surface area contributed by atoms with Crippen LogP contribution in [0.1, 0.15) is 19.4 Å². The molecule has 0 aromatic heterocycles. The minimum atomic E-state index is 0.695. The van der Waals surface area contributed by atoms with Crippen LogP contribution in [0.15, 0.2) is 61.2 Å². The molecule has 0 N–H and O–H groups in total. The maximum atomic E-state index is 9.05. The number of hydrogen-bond acceptors (Lipinski definition) is 2. The van der Waals surface area contributed by atoms with Crippen molar-refractivity contribution in [3.8, 4) is 6.07 Å². The third-order valence-electron chi connectivity index (χ3n) is 2.11. The van der Waals surface area contributed by atoms with Crippen LogP contribution < -0.4 is 0 Å². The van der Waals surface area contributed by atoms with Gasteiger partial charge in [-0.2, -0.15) is 5.26 Å². The number of benzene rings is 2. The van der Waals surface area contributed by atoms with E-state index >= 15 is 0 Å². The standard InChI is InChI=1S/C13H7Br2NS.C2H6/c14-10-3-5-12(6-4-10)17-13-7-11(15)2-1-9(13)8-16;1-2/h1-7H;1-2H3. The molecule has 1 nitrogen and oxygen atoms in total. The Hall–Kier alpha value is -0.760. The Kier molecular flexibility index (Phi) is 7.22. The number of nitrogens with zero attached hydrogens (tertiary/aromatic N) is 1. The first-order valence-electron chi connectivity index (χ1n) is 5.82. The monoisotopic (exact) mass is 397 g/mol. The van der Waals surface area contributed by atoms with Gasteiger partial charge in [0.05, 0.1) is 5.56 Å². The summed E-state index contributed by atoms with van der Waals surface area (Å²) < 4.78 is 2.03. The first-order valence-corrected chi connectivity index (χ1v) is 8.22. The first kappa shape index (κ1) is 16.3. The molecule has 0 bridgehead atoms. The molecule has 0 unspecified atom stereocenters. The highest BCUT2D eigenvalue weighted by atomic mass is 79.9. The van der Waals surface area contributed by atoms with Gasteiger partial charge >= 0.3 is 0 Å². The lowest BCUT2D eigenvalue weighted by Gasteiger charge is -2.04. The first-order chi connectivity index (χ1) is 9.19. The van der Waals surface area contributed by atoms with Crippen LogP contribution in [-0.2, 0) is 0 Å². The molecule has 0 aliphatic carbocycles. The van der Waals surface area contributed by atoms with Gasteiger partial charge in [-0.1, -0.05) is 57.5 Å². The highest BCUT2D eigenvalue weighted by Gasteiger charge is 2.05. The number of nitriles is 1. The highest BCUT2D eigenvalue weighted by Crippen LogP contribution is 2.32. The second kappa shape index (κ2) is 8.42. The fourth-order valence-electron chi connectivity index (χ4n) is 1.30. The van der Waals surface area contributed by atoms with Gasteiger partial charge in [-0.25, -0.2) is 0 Å². The zero-order valence-electron chi connectivity index (χ0n) is 10.7. The third kappa shape index (κ3) is 5.02. The van der Waals surface area contributed by atoms with E-state index in [4.69, 9.17) is 5.26 Å². The molecule has 0 spiro atoms. The van der Waals surface area contributed by atoms with E-state index in [1.54, 1.807) is 11.8 Å². The number of rotatable bonds is 2. The summed E-state index contributed by atoms with van der Waals surface area (Å²) in [5.74, 6) is 0. The molecule has 19 heavy (non-hydrogen) atoms. The summed E-state index contributed by atoms with van der Waals surface area (Å²) in [5.41, 5.74) is 0.695. The van der Waals surface area contributed by atoms with Crippen molar-refractivity contribution < 1.29 is 0 Å². The highest BCUT2D eigenvalue weighted by molar-refractivity contribution is 9.10. The van der Waals surface area contributed by atoms with E-state index < -0.39 is 0 Å². The maximum absolute atomic E-state index is 9.05. The van der Waals surface area contributed by atoms with Crippen molar-refractivity contribution in [3.05, 3.63) is 57.0 Å². The summed E-state index contributed by atoms with van der Waals surface area (Å²) in [6.07, 6.45) is 0. The van der Waals surface area contributed by atoms with E-state index in [9.17, 15) is 0 Å². The molecular formula is C15H13Br2NS. The van der Waals surface area contributed by atoms with Crippen molar-refractivity contribution in [1.29, 1.82) is 5.26 Å². The molecule has 0 amide bonds. The van der Waals surface area contributed by atoms with Crippen LogP contribution in [0.3, 0.4) is 0 Å². The molecule has 0 aliphatic heterocycles. The van der Waals surface area contributed by atoms with Crippen molar-refractivity contribution in [2.24, 2.45) is 0 Å². The van der Waals surface area contributed by atoms with Crippen molar-refractivity contribution in [2.45, 2.75) is 23.6 Å². The van der Waals surface area contributed by atoms with E-state index in [0.29, 0.717) is 5.56 Å². The largest absolute Gasteiger partial charge is 0.192 e. The fourth-order valence-corrected chi connectivity index (χ4v) is 3.02. The van der Waals surface area contributed by atoms with Gasteiger partial charge in [-0.05, 0) is 42.5 Å². The summed E-state index contributed by atoms with van der Waals surface area (Å²) in [6.45, 7) is 4.00. The SMILES string of the molecule is CC.N#Cc1ccc(Br)cc1Sc1ccc(Br)cc1. The molecule has 0 saturated heterocycles. The van der Waals surface area contributed by atoms with Gasteiger partial charge in [-0.15, -0.1) is 0 Å². The predicted octanol–water partition coefficient (Wildman–Crippen LogP) is 6.26. The minimum absolute atomic E-state index is 0.695. The van der Waals surface area contributed by atoms with Crippen molar-refractivity contribution in [1.82, 2.24) is 0 Å². The zero-order chi connectivity index (χ0) is 14.3. The molecule has 98 valence electrons. The van der Waals surface area contributed by atoms with E-state index in [0.717, 1.165) is 18.7 Å². The van der Waals surface area contributed by atoms with Crippen LogP contribution in [-0.4, -0.2) is 0 Å². The quantitative estimate of drug-likeness (QED) is 0.595. The summed E-state index contributed by atoms with van der Waals surface area (Å²) in [5, 5.41) is 9.05. The van der Waals surface area contributed by atoms with Crippen LogP contribution >= 0.6 is 43.6 Å². The van der Waals surface area contributed by atoms with Gasteiger partial charge < -0.3 is 0 Å². The average molecular weight is 399 g/mol. The van der Waals surface area contributed by atoms with Crippen LogP contribution in [0, 0.1) is 11.3 Å². The smallest absolute Gasteiger partial charge is 0.100 e. The molecule has 0 fully saturated rings. The molecule has 4 heteroatoms. The minimum Gasteiger partial charge on any atom is -0.192 e. The molecule has 0 heterocycles. The molecule has 0 aliphatic rings. The average Bonchev–Trinajstić information content (AvgIpc) is 2.44. The van der Waals surface area contributed by atoms with Gasteiger partial charge in [0.25, 0.3) is 0 Å². The Morgan fingerprint density at radius 3 is 2.11 bits per heavy atom. The number of hydrogen-bond donors (Lipinski definition) is 0. The molecule has 2 rings (SSSR count). The summed E-state index contributed by atoms with van der Waals surface area (Å²) in [6, 6.07) is 15.9.